The van der Waals surface area contributed by atoms with Crippen LogP contribution in [0.1, 0.15) is 55.4 Å². The maximum absolute atomic E-state index is 12.2. The first kappa shape index (κ1) is 22.1. The number of aromatic hydroxyl groups is 1. The Kier molecular flexibility index (Phi) is 7.85. The lowest BCUT2D eigenvalue weighted by atomic mass is 9.96. The van der Waals surface area contributed by atoms with Gasteiger partial charge in [0.25, 0.3) is 5.91 Å². The molecule has 31 heavy (non-hydrogen) atoms. The highest BCUT2D eigenvalue weighted by atomic mass is 16.3. The number of para-hydroxylation sites is 1. The topological polar surface area (TPSA) is 137 Å². The summed E-state index contributed by atoms with van der Waals surface area (Å²) in [6, 6.07) is 9.03. The predicted octanol–water partition coefficient (Wildman–Crippen LogP) is 1.75. The highest BCUT2D eigenvalue weighted by Crippen LogP contribution is 2.18. The summed E-state index contributed by atoms with van der Waals surface area (Å²) in [6.45, 7) is 0.349. The maximum Gasteiger partial charge on any atom is 0.315 e. The van der Waals surface area contributed by atoms with Crippen molar-refractivity contribution in [1.82, 2.24) is 31.3 Å². The van der Waals surface area contributed by atoms with E-state index in [-0.39, 0.29) is 29.9 Å². The van der Waals surface area contributed by atoms with Crippen molar-refractivity contribution in [3.05, 3.63) is 42.2 Å². The Bertz CT molecular complexity index is 893. The van der Waals surface area contributed by atoms with Crippen LogP contribution in [0.4, 0.5) is 4.79 Å². The highest BCUT2D eigenvalue weighted by molar-refractivity contribution is 5.95. The van der Waals surface area contributed by atoms with Crippen LogP contribution in [0.2, 0.25) is 0 Å². The molecule has 0 atom stereocenters. The van der Waals surface area contributed by atoms with Crippen LogP contribution in [0.3, 0.4) is 0 Å². The smallest absolute Gasteiger partial charge is 0.315 e. The van der Waals surface area contributed by atoms with Crippen molar-refractivity contribution >= 4 is 17.8 Å². The van der Waals surface area contributed by atoms with E-state index in [4.69, 9.17) is 0 Å². The summed E-state index contributed by atoms with van der Waals surface area (Å²) in [7, 11) is 0. The molecule has 0 saturated heterocycles. The van der Waals surface area contributed by atoms with E-state index < -0.39 is 11.8 Å². The summed E-state index contributed by atoms with van der Waals surface area (Å²) in [6.07, 6.45) is 7.38. The number of nitrogens with one attached hydrogen (secondary N) is 4. The van der Waals surface area contributed by atoms with Gasteiger partial charge in [-0.05, 0) is 31.4 Å². The van der Waals surface area contributed by atoms with Crippen molar-refractivity contribution in [2.75, 3.05) is 6.54 Å². The number of urea groups is 1. The highest BCUT2D eigenvalue weighted by Gasteiger charge is 2.18. The molecule has 1 saturated carbocycles. The lowest BCUT2D eigenvalue weighted by Gasteiger charge is -2.22. The van der Waals surface area contributed by atoms with Gasteiger partial charge in [-0.3, -0.25) is 20.4 Å². The van der Waals surface area contributed by atoms with Gasteiger partial charge in [-0.1, -0.05) is 37.5 Å². The van der Waals surface area contributed by atoms with Gasteiger partial charge in [0.2, 0.25) is 5.91 Å². The largest absolute Gasteiger partial charge is 0.504 e. The summed E-state index contributed by atoms with van der Waals surface area (Å²) in [4.78, 5) is 36.0. The molecule has 3 rings (SSSR count). The zero-order valence-electron chi connectivity index (χ0n) is 17.3. The minimum atomic E-state index is -0.731. The van der Waals surface area contributed by atoms with Crippen LogP contribution in [-0.2, 0) is 4.79 Å². The Hall–Kier alpha value is -3.56. The van der Waals surface area contributed by atoms with E-state index in [0.29, 0.717) is 18.7 Å². The van der Waals surface area contributed by atoms with Crippen LogP contribution in [-0.4, -0.2) is 45.3 Å². The third kappa shape index (κ3) is 6.73. The monoisotopic (exact) mass is 428 g/mol. The van der Waals surface area contributed by atoms with Gasteiger partial charge in [-0.25, -0.2) is 9.48 Å². The molecule has 0 radical (unpaired) electrons. The first-order valence-electron chi connectivity index (χ1n) is 10.5. The molecule has 4 amide bonds. The number of hydrogen-bond acceptors (Lipinski definition) is 5. The van der Waals surface area contributed by atoms with Crippen LogP contribution in [0.5, 0.6) is 5.75 Å². The number of amides is 4. The first-order valence-corrected chi connectivity index (χ1v) is 10.5. The molecule has 1 aromatic carbocycles. The standard InChI is InChI=1S/C21H28N6O4/c28-17-14-27(16-10-5-2-6-11-16)26-19(17)20(30)25-24-18(29)12-7-13-22-21(31)23-15-8-3-1-4-9-15/h2,5-6,10-11,14-15,28H,1,3-4,7-9,12-13H2,(H,24,29)(H,25,30)(H2,22,23,31). The van der Waals surface area contributed by atoms with Crippen LogP contribution in [0, 0.1) is 0 Å². The Morgan fingerprint density at radius 2 is 1.81 bits per heavy atom. The van der Waals surface area contributed by atoms with Gasteiger partial charge >= 0.3 is 6.03 Å². The lowest BCUT2D eigenvalue weighted by Crippen LogP contribution is -2.44. The van der Waals surface area contributed by atoms with E-state index in [1.807, 2.05) is 18.2 Å². The van der Waals surface area contributed by atoms with Crippen LogP contribution in [0.15, 0.2) is 36.5 Å². The number of nitrogens with zero attached hydrogens (tertiary/aromatic N) is 2. The molecule has 1 fully saturated rings. The Morgan fingerprint density at radius 3 is 2.55 bits per heavy atom. The fourth-order valence-corrected chi connectivity index (χ4v) is 3.42. The third-order valence-electron chi connectivity index (χ3n) is 5.05. The number of rotatable bonds is 7. The van der Waals surface area contributed by atoms with Crippen LogP contribution < -0.4 is 21.5 Å². The third-order valence-corrected chi connectivity index (χ3v) is 5.05. The fourth-order valence-electron chi connectivity index (χ4n) is 3.42. The normalized spacial score (nSPS) is 13.9. The van der Waals surface area contributed by atoms with E-state index >= 15 is 0 Å². The average molecular weight is 428 g/mol. The minimum Gasteiger partial charge on any atom is -0.504 e. The average Bonchev–Trinajstić information content (AvgIpc) is 3.18. The van der Waals surface area contributed by atoms with Crippen molar-refractivity contribution in [2.45, 2.75) is 51.0 Å². The molecule has 166 valence electrons. The Morgan fingerprint density at radius 1 is 1.06 bits per heavy atom. The van der Waals surface area contributed by atoms with Crippen molar-refractivity contribution in [3.8, 4) is 11.4 Å². The van der Waals surface area contributed by atoms with E-state index in [2.05, 4.69) is 26.6 Å². The summed E-state index contributed by atoms with van der Waals surface area (Å²) < 4.78 is 1.37. The van der Waals surface area contributed by atoms with Crippen LogP contribution >= 0.6 is 0 Å². The van der Waals surface area contributed by atoms with Gasteiger partial charge in [0.05, 0.1) is 11.9 Å². The van der Waals surface area contributed by atoms with Gasteiger partial charge in [0, 0.05) is 19.0 Å². The molecule has 10 heteroatoms. The van der Waals surface area contributed by atoms with E-state index in [9.17, 15) is 19.5 Å². The number of hydrazine groups is 1. The van der Waals surface area contributed by atoms with Crippen molar-refractivity contribution in [3.63, 3.8) is 0 Å². The summed E-state index contributed by atoms with van der Waals surface area (Å²) in [5, 5.41) is 19.7. The second-order valence-corrected chi connectivity index (χ2v) is 7.48. The molecule has 5 N–H and O–H groups in total. The molecular weight excluding hydrogens is 400 g/mol. The second kappa shape index (κ2) is 11.0. The molecule has 2 aromatic rings. The molecule has 1 aromatic heterocycles. The number of aromatic nitrogens is 2. The van der Waals surface area contributed by atoms with Crippen molar-refractivity contribution in [1.29, 1.82) is 0 Å². The summed E-state index contributed by atoms with van der Waals surface area (Å²) >= 11 is 0. The number of carbonyl (C=O) groups excluding carboxylic acids is 3. The van der Waals surface area contributed by atoms with Gasteiger partial charge in [-0.2, -0.15) is 5.10 Å². The molecule has 0 unspecified atom stereocenters. The van der Waals surface area contributed by atoms with Gasteiger partial charge in [0.1, 0.15) is 0 Å². The number of hydrogen-bond donors (Lipinski definition) is 5. The molecule has 1 aliphatic rings. The molecule has 0 aliphatic heterocycles. The maximum atomic E-state index is 12.2. The van der Waals surface area contributed by atoms with Crippen molar-refractivity contribution in [2.24, 2.45) is 0 Å². The lowest BCUT2D eigenvalue weighted by molar-refractivity contribution is -0.121. The number of benzene rings is 1. The van der Waals surface area contributed by atoms with Crippen LogP contribution in [0.25, 0.3) is 5.69 Å². The van der Waals surface area contributed by atoms with Gasteiger partial charge in [-0.15, -0.1) is 0 Å². The Labute approximate surface area is 180 Å². The zero-order chi connectivity index (χ0) is 22.1. The minimum absolute atomic E-state index is 0.119. The first-order chi connectivity index (χ1) is 15.0. The summed E-state index contributed by atoms with van der Waals surface area (Å²) in [5.74, 6) is -1.45. The van der Waals surface area contributed by atoms with Gasteiger partial charge < -0.3 is 15.7 Å². The molecule has 0 bridgehead atoms. The molecule has 1 heterocycles. The van der Waals surface area contributed by atoms with Crippen molar-refractivity contribution < 1.29 is 19.5 Å². The fraction of sp³-hybridized carbons (Fsp3) is 0.429. The Balaban J connectivity index is 1.34. The molecule has 10 nitrogen and oxygen atoms in total. The van der Waals surface area contributed by atoms with E-state index in [0.717, 1.165) is 25.7 Å². The second-order valence-electron chi connectivity index (χ2n) is 7.48. The van der Waals surface area contributed by atoms with Gasteiger partial charge in [0.15, 0.2) is 11.4 Å². The van der Waals surface area contributed by atoms with E-state index in [1.54, 1.807) is 12.1 Å². The predicted molar refractivity (Wildman–Crippen MR) is 113 cm³/mol. The molecule has 0 spiro atoms. The summed E-state index contributed by atoms with van der Waals surface area (Å²) in [5.41, 5.74) is 5.00. The molecular formula is C21H28N6O4. The van der Waals surface area contributed by atoms with E-state index in [1.165, 1.54) is 17.3 Å². The quantitative estimate of drug-likeness (QED) is 0.338. The SMILES string of the molecule is O=C(CCCNC(=O)NC1CCCCC1)NNC(=O)c1nn(-c2ccccc2)cc1O. The number of carbonyl (C=O) groups is 3. The zero-order valence-corrected chi connectivity index (χ0v) is 17.3. The molecule has 1 aliphatic carbocycles.